The second-order valence-electron chi connectivity index (χ2n) is 5.32. The topological polar surface area (TPSA) is 148 Å². The fraction of sp³-hybridized carbons (Fsp3) is 0.786. The number of carbonyl (C=O) groups is 3. The fourth-order valence-electron chi connectivity index (χ4n) is 1.89. The third-order valence-corrected chi connectivity index (χ3v) is 4.38. The van der Waals surface area contributed by atoms with Crippen LogP contribution in [0.1, 0.15) is 25.7 Å². The zero-order valence-electron chi connectivity index (χ0n) is 13.9. The molecule has 0 spiro atoms. The van der Waals surface area contributed by atoms with E-state index in [0.717, 1.165) is 0 Å². The van der Waals surface area contributed by atoms with E-state index in [1.165, 1.54) is 11.8 Å². The van der Waals surface area contributed by atoms with Gasteiger partial charge in [-0.1, -0.05) is 0 Å². The lowest BCUT2D eigenvalue weighted by molar-refractivity contribution is -0.142. The molecular weight excluding hydrogens is 352 g/mol. The molecule has 8 nitrogen and oxygen atoms in total. The van der Waals surface area contributed by atoms with Crippen LogP contribution in [0.5, 0.6) is 0 Å². The van der Waals surface area contributed by atoms with Crippen molar-refractivity contribution in [2.75, 3.05) is 24.3 Å². The number of thiol groups is 1. The smallest absolute Gasteiger partial charge is 0.326 e. The van der Waals surface area contributed by atoms with E-state index < -0.39 is 35.9 Å². The SMILES string of the molecule is CSCC[C@H](NC(=O)[C@H](CCCCN)NC(=O)[C@@H](N)CS)C(=O)O. The largest absolute Gasteiger partial charge is 0.480 e. The Hall–Kier alpha value is -0.970. The van der Waals surface area contributed by atoms with Crippen LogP contribution in [0.15, 0.2) is 0 Å². The predicted molar refractivity (Wildman–Crippen MR) is 99.2 cm³/mol. The van der Waals surface area contributed by atoms with Gasteiger partial charge < -0.3 is 27.2 Å². The summed E-state index contributed by atoms with van der Waals surface area (Å²) in [6.07, 6.45) is 3.86. The maximum absolute atomic E-state index is 12.4. The summed E-state index contributed by atoms with van der Waals surface area (Å²) in [7, 11) is 0. The molecule has 0 rings (SSSR count). The number of hydrogen-bond acceptors (Lipinski definition) is 7. The van der Waals surface area contributed by atoms with Crippen molar-refractivity contribution >= 4 is 42.2 Å². The first-order chi connectivity index (χ1) is 11.4. The Balaban J connectivity index is 4.86. The molecule has 0 aliphatic heterocycles. The Morgan fingerprint density at radius 2 is 1.75 bits per heavy atom. The number of rotatable bonds is 13. The van der Waals surface area contributed by atoms with Crippen molar-refractivity contribution in [1.82, 2.24) is 10.6 Å². The number of aliphatic carboxylic acids is 1. The summed E-state index contributed by atoms with van der Waals surface area (Å²) in [6.45, 7) is 0.476. The average molecular weight is 381 g/mol. The first kappa shape index (κ1) is 23.0. The molecule has 24 heavy (non-hydrogen) atoms. The lowest BCUT2D eigenvalue weighted by atomic mass is 10.1. The number of thioether (sulfide) groups is 1. The van der Waals surface area contributed by atoms with Crippen LogP contribution in [-0.4, -0.2) is 65.3 Å². The number of amides is 2. The van der Waals surface area contributed by atoms with E-state index in [-0.39, 0.29) is 5.75 Å². The molecule has 0 bridgehead atoms. The summed E-state index contributed by atoms with van der Waals surface area (Å²) in [5, 5.41) is 14.2. The van der Waals surface area contributed by atoms with Gasteiger partial charge in [-0.05, 0) is 44.2 Å². The molecule has 0 saturated carbocycles. The van der Waals surface area contributed by atoms with Gasteiger partial charge in [0.2, 0.25) is 11.8 Å². The van der Waals surface area contributed by atoms with Crippen molar-refractivity contribution < 1.29 is 19.5 Å². The monoisotopic (exact) mass is 380 g/mol. The summed E-state index contributed by atoms with van der Waals surface area (Å²) in [5.74, 6) is -1.37. The van der Waals surface area contributed by atoms with E-state index in [4.69, 9.17) is 11.5 Å². The number of carboxylic acids is 1. The van der Waals surface area contributed by atoms with Gasteiger partial charge in [-0.25, -0.2) is 4.79 Å². The molecule has 0 aromatic rings. The Morgan fingerprint density at radius 3 is 2.25 bits per heavy atom. The van der Waals surface area contributed by atoms with Crippen LogP contribution in [0.4, 0.5) is 0 Å². The summed E-state index contributed by atoms with van der Waals surface area (Å²) >= 11 is 5.45. The molecule has 0 aromatic heterocycles. The van der Waals surface area contributed by atoms with E-state index in [2.05, 4.69) is 23.3 Å². The minimum Gasteiger partial charge on any atom is -0.480 e. The molecule has 0 fully saturated rings. The van der Waals surface area contributed by atoms with Crippen LogP contribution < -0.4 is 22.1 Å². The van der Waals surface area contributed by atoms with Gasteiger partial charge in [0, 0.05) is 5.75 Å². The number of unbranched alkanes of at least 4 members (excludes halogenated alkanes) is 1. The minimum atomic E-state index is -1.10. The summed E-state index contributed by atoms with van der Waals surface area (Å²) in [4.78, 5) is 35.5. The van der Waals surface area contributed by atoms with Crippen LogP contribution in [0.25, 0.3) is 0 Å². The fourth-order valence-corrected chi connectivity index (χ4v) is 2.53. The molecule has 3 atom stereocenters. The molecule has 0 aromatic carbocycles. The molecule has 0 radical (unpaired) electrons. The maximum atomic E-state index is 12.4. The first-order valence-electron chi connectivity index (χ1n) is 7.76. The summed E-state index contributed by atoms with van der Waals surface area (Å²) in [5.41, 5.74) is 11.0. The second kappa shape index (κ2) is 13.3. The van der Waals surface area contributed by atoms with Gasteiger partial charge >= 0.3 is 5.97 Å². The van der Waals surface area contributed by atoms with Gasteiger partial charge in [-0.3, -0.25) is 9.59 Å². The highest BCUT2D eigenvalue weighted by Crippen LogP contribution is 2.05. The summed E-state index contributed by atoms with van der Waals surface area (Å²) in [6, 6.07) is -2.66. The Morgan fingerprint density at radius 1 is 1.12 bits per heavy atom. The molecular formula is C14H28N4O4S2. The van der Waals surface area contributed by atoms with E-state index in [1.807, 2.05) is 6.26 Å². The normalized spacial score (nSPS) is 14.5. The van der Waals surface area contributed by atoms with Gasteiger partial charge in [0.1, 0.15) is 12.1 Å². The number of carboxylic acid groups (broad SMARTS) is 1. The van der Waals surface area contributed by atoms with Crippen molar-refractivity contribution in [2.45, 2.75) is 43.8 Å². The van der Waals surface area contributed by atoms with Crippen LogP contribution >= 0.6 is 24.4 Å². The number of nitrogens with two attached hydrogens (primary N) is 2. The number of nitrogens with one attached hydrogen (secondary N) is 2. The zero-order valence-corrected chi connectivity index (χ0v) is 15.6. The Kier molecular flexibility index (Phi) is 12.8. The van der Waals surface area contributed by atoms with E-state index in [9.17, 15) is 19.5 Å². The Bertz CT molecular complexity index is 412. The minimum absolute atomic E-state index is 0.147. The number of carbonyl (C=O) groups excluding carboxylic acids is 2. The standard InChI is InChI=1S/C14H28N4O4S2/c1-24-7-5-11(14(21)22)18-13(20)10(4-2-3-6-15)17-12(19)9(16)8-23/h9-11,23H,2-8,15-16H2,1H3,(H,17,19)(H,18,20)(H,21,22)/t9-,10-,11-/m0/s1. The third kappa shape index (κ3) is 9.36. The van der Waals surface area contributed by atoms with Crippen LogP contribution in [0, 0.1) is 0 Å². The van der Waals surface area contributed by atoms with Crippen molar-refractivity contribution in [2.24, 2.45) is 11.5 Å². The maximum Gasteiger partial charge on any atom is 0.326 e. The van der Waals surface area contributed by atoms with E-state index in [1.54, 1.807) is 0 Å². The first-order valence-corrected chi connectivity index (χ1v) is 9.79. The molecule has 0 saturated heterocycles. The lowest BCUT2D eigenvalue weighted by Gasteiger charge is -2.22. The lowest BCUT2D eigenvalue weighted by Crippen LogP contribution is -2.54. The quantitative estimate of drug-likeness (QED) is 0.181. The highest BCUT2D eigenvalue weighted by atomic mass is 32.2. The highest BCUT2D eigenvalue weighted by Gasteiger charge is 2.27. The van der Waals surface area contributed by atoms with Gasteiger partial charge in [0.25, 0.3) is 0 Å². The average Bonchev–Trinajstić information content (AvgIpc) is 2.56. The van der Waals surface area contributed by atoms with Crippen LogP contribution in [-0.2, 0) is 14.4 Å². The van der Waals surface area contributed by atoms with Gasteiger partial charge in [0.05, 0.1) is 6.04 Å². The van der Waals surface area contributed by atoms with Gasteiger partial charge in [-0.15, -0.1) is 0 Å². The Labute approximate surface area is 152 Å². The third-order valence-electron chi connectivity index (χ3n) is 3.34. The van der Waals surface area contributed by atoms with Crippen LogP contribution in [0.2, 0.25) is 0 Å². The molecule has 0 unspecified atom stereocenters. The second-order valence-corrected chi connectivity index (χ2v) is 6.67. The molecule has 140 valence electrons. The molecule has 10 heteroatoms. The molecule has 2 amide bonds. The zero-order chi connectivity index (χ0) is 18.5. The van der Waals surface area contributed by atoms with Crippen molar-refractivity contribution in [3.63, 3.8) is 0 Å². The molecule has 0 aliphatic rings. The van der Waals surface area contributed by atoms with Crippen molar-refractivity contribution in [1.29, 1.82) is 0 Å². The summed E-state index contributed by atoms with van der Waals surface area (Å²) < 4.78 is 0. The van der Waals surface area contributed by atoms with Crippen molar-refractivity contribution in [3.8, 4) is 0 Å². The van der Waals surface area contributed by atoms with Gasteiger partial charge in [0.15, 0.2) is 0 Å². The van der Waals surface area contributed by atoms with E-state index >= 15 is 0 Å². The van der Waals surface area contributed by atoms with E-state index in [0.29, 0.717) is 38.0 Å². The highest BCUT2D eigenvalue weighted by molar-refractivity contribution is 7.98. The molecule has 0 heterocycles. The molecule has 7 N–H and O–H groups in total. The number of hydrogen-bond donors (Lipinski definition) is 6. The van der Waals surface area contributed by atoms with Gasteiger partial charge in [-0.2, -0.15) is 24.4 Å². The molecule has 0 aliphatic carbocycles. The van der Waals surface area contributed by atoms with Crippen molar-refractivity contribution in [3.05, 3.63) is 0 Å². The van der Waals surface area contributed by atoms with Crippen LogP contribution in [0.3, 0.4) is 0 Å². The predicted octanol–water partition coefficient (Wildman–Crippen LogP) is -0.820.